The number of carbonyl (C=O) groups excluding carboxylic acids is 1. The zero-order chi connectivity index (χ0) is 17.5. The van der Waals surface area contributed by atoms with Gasteiger partial charge in [-0.25, -0.2) is 0 Å². The number of thiophene rings is 1. The van der Waals surface area contributed by atoms with Crippen LogP contribution in [-0.2, 0) is 22.7 Å². The van der Waals surface area contributed by atoms with Gasteiger partial charge in [0.15, 0.2) is 0 Å². The van der Waals surface area contributed by atoms with E-state index in [1.54, 1.807) is 12.3 Å². The third-order valence-corrected chi connectivity index (χ3v) is 5.14. The van der Waals surface area contributed by atoms with Gasteiger partial charge in [-0.05, 0) is 48.1 Å². The molecule has 1 amide bonds. The first-order valence-electron chi connectivity index (χ1n) is 8.41. The molecule has 0 atom stereocenters. The predicted molar refractivity (Wildman–Crippen MR) is 97.9 cm³/mol. The second-order valence-corrected chi connectivity index (χ2v) is 6.95. The molecule has 0 aliphatic carbocycles. The number of amides is 1. The van der Waals surface area contributed by atoms with Crippen LogP contribution in [0.5, 0.6) is 0 Å². The van der Waals surface area contributed by atoms with Gasteiger partial charge in [-0.15, -0.1) is 11.3 Å². The Balaban J connectivity index is 1.42. The van der Waals surface area contributed by atoms with Crippen LogP contribution in [0.2, 0.25) is 0 Å². The van der Waals surface area contributed by atoms with Gasteiger partial charge in [-0.2, -0.15) is 0 Å². The molecular formula is C19H22N2O3S. The quantitative estimate of drug-likeness (QED) is 0.807. The van der Waals surface area contributed by atoms with Crippen molar-refractivity contribution in [3.8, 4) is 0 Å². The third kappa shape index (κ3) is 5.22. The molecular weight excluding hydrogens is 336 g/mol. The molecule has 0 aromatic carbocycles. The summed E-state index contributed by atoms with van der Waals surface area (Å²) < 4.78 is 5.90. The van der Waals surface area contributed by atoms with Crippen LogP contribution in [0.25, 0.3) is 6.08 Å². The summed E-state index contributed by atoms with van der Waals surface area (Å²) in [6, 6.07) is 7.70. The first-order chi connectivity index (χ1) is 12.2. The van der Waals surface area contributed by atoms with E-state index >= 15 is 0 Å². The van der Waals surface area contributed by atoms with Gasteiger partial charge in [0.1, 0.15) is 0 Å². The number of nitrogens with zero attached hydrogens (tertiary/aromatic N) is 2. The molecule has 0 saturated carbocycles. The maximum Gasteiger partial charge on any atom is 0.246 e. The molecule has 1 aliphatic rings. The molecule has 0 radical (unpaired) electrons. The highest BCUT2D eigenvalue weighted by atomic mass is 32.1. The fourth-order valence-electron chi connectivity index (χ4n) is 2.75. The minimum absolute atomic E-state index is 0.0297. The Morgan fingerprint density at radius 3 is 2.92 bits per heavy atom. The monoisotopic (exact) mass is 358 g/mol. The lowest BCUT2D eigenvalue weighted by atomic mass is 10.1. The summed E-state index contributed by atoms with van der Waals surface area (Å²) in [5.74, 6) is 0.0297. The summed E-state index contributed by atoms with van der Waals surface area (Å²) in [6.45, 7) is 1.97. The van der Waals surface area contributed by atoms with E-state index in [9.17, 15) is 4.79 Å². The van der Waals surface area contributed by atoms with E-state index in [0.29, 0.717) is 19.7 Å². The molecule has 0 bridgehead atoms. The van der Waals surface area contributed by atoms with Crippen molar-refractivity contribution < 1.29 is 14.6 Å². The minimum atomic E-state index is 0.0297. The number of hydrogen-bond donors (Lipinski definition) is 1. The zero-order valence-corrected chi connectivity index (χ0v) is 14.8. The fraction of sp³-hybridized carbons (Fsp3) is 0.368. The number of aliphatic hydroxyl groups excluding tert-OH is 1. The van der Waals surface area contributed by atoms with Crippen LogP contribution in [0.3, 0.4) is 0 Å². The Morgan fingerprint density at radius 2 is 2.24 bits per heavy atom. The van der Waals surface area contributed by atoms with E-state index in [2.05, 4.69) is 4.98 Å². The third-order valence-electron chi connectivity index (χ3n) is 4.19. The molecule has 3 rings (SSSR count). The smallest absolute Gasteiger partial charge is 0.246 e. The average molecular weight is 358 g/mol. The normalized spacial score (nSPS) is 15.8. The van der Waals surface area contributed by atoms with Crippen LogP contribution in [0.4, 0.5) is 0 Å². The first-order valence-corrected chi connectivity index (χ1v) is 9.29. The Labute approximate surface area is 151 Å². The second kappa shape index (κ2) is 8.89. The predicted octanol–water partition coefficient (Wildman–Crippen LogP) is 2.86. The number of aliphatic hydroxyl groups is 1. The minimum Gasteiger partial charge on any atom is -0.392 e. The van der Waals surface area contributed by atoms with Gasteiger partial charge < -0.3 is 14.7 Å². The van der Waals surface area contributed by atoms with Gasteiger partial charge in [0.25, 0.3) is 0 Å². The molecule has 3 heterocycles. The molecule has 5 nitrogen and oxygen atoms in total. The summed E-state index contributed by atoms with van der Waals surface area (Å²) in [6.07, 6.45) is 7.07. The first kappa shape index (κ1) is 17.8. The Morgan fingerprint density at radius 1 is 1.40 bits per heavy atom. The molecule has 1 N–H and O–H groups in total. The Kier molecular flexibility index (Phi) is 6.33. The average Bonchev–Trinajstić information content (AvgIpc) is 3.14. The van der Waals surface area contributed by atoms with Crippen LogP contribution < -0.4 is 0 Å². The van der Waals surface area contributed by atoms with E-state index in [4.69, 9.17) is 9.84 Å². The molecule has 0 unspecified atom stereocenters. The SMILES string of the molecule is O=C(/C=C/c1cc(CO)cs1)N1CCC(OCc2ccccn2)CC1. The van der Waals surface area contributed by atoms with Crippen LogP contribution in [-0.4, -0.2) is 40.1 Å². The maximum atomic E-state index is 12.3. The highest BCUT2D eigenvalue weighted by Gasteiger charge is 2.22. The van der Waals surface area contributed by atoms with Crippen LogP contribution >= 0.6 is 11.3 Å². The van der Waals surface area contributed by atoms with E-state index in [1.807, 2.05) is 40.6 Å². The highest BCUT2D eigenvalue weighted by Crippen LogP contribution is 2.18. The number of rotatable bonds is 6. The fourth-order valence-corrected chi connectivity index (χ4v) is 3.55. The van der Waals surface area contributed by atoms with E-state index in [1.165, 1.54) is 11.3 Å². The van der Waals surface area contributed by atoms with Crippen molar-refractivity contribution in [3.63, 3.8) is 0 Å². The molecule has 25 heavy (non-hydrogen) atoms. The van der Waals surface area contributed by atoms with Crippen molar-refractivity contribution in [3.05, 3.63) is 58.1 Å². The summed E-state index contributed by atoms with van der Waals surface area (Å²) in [7, 11) is 0. The molecule has 1 saturated heterocycles. The zero-order valence-electron chi connectivity index (χ0n) is 14.0. The Hall–Kier alpha value is -2.02. The molecule has 2 aromatic rings. The van der Waals surface area contributed by atoms with Crippen LogP contribution in [0.15, 0.2) is 41.9 Å². The topological polar surface area (TPSA) is 62.7 Å². The summed E-state index contributed by atoms with van der Waals surface area (Å²) >= 11 is 1.52. The van der Waals surface area contributed by atoms with Gasteiger partial charge in [0.2, 0.25) is 5.91 Å². The number of ether oxygens (including phenoxy) is 1. The lowest BCUT2D eigenvalue weighted by Gasteiger charge is -2.31. The second-order valence-electron chi connectivity index (χ2n) is 6.01. The van der Waals surface area contributed by atoms with Crippen molar-refractivity contribution in [2.75, 3.05) is 13.1 Å². The van der Waals surface area contributed by atoms with E-state index in [0.717, 1.165) is 29.0 Å². The highest BCUT2D eigenvalue weighted by molar-refractivity contribution is 7.11. The van der Waals surface area contributed by atoms with Crippen LogP contribution in [0.1, 0.15) is 29.0 Å². The van der Waals surface area contributed by atoms with Crippen molar-refractivity contribution in [1.82, 2.24) is 9.88 Å². The van der Waals surface area contributed by atoms with Gasteiger partial charge in [0, 0.05) is 30.2 Å². The lowest BCUT2D eigenvalue weighted by Crippen LogP contribution is -2.40. The molecule has 0 spiro atoms. The number of pyridine rings is 1. The van der Waals surface area contributed by atoms with Crippen molar-refractivity contribution in [1.29, 1.82) is 0 Å². The molecule has 132 valence electrons. The molecule has 1 fully saturated rings. The van der Waals surface area contributed by atoms with Crippen molar-refractivity contribution in [2.24, 2.45) is 0 Å². The number of carbonyl (C=O) groups is 1. The lowest BCUT2D eigenvalue weighted by molar-refractivity contribution is -0.128. The maximum absolute atomic E-state index is 12.3. The number of piperidine rings is 1. The summed E-state index contributed by atoms with van der Waals surface area (Å²) in [5, 5.41) is 11.0. The van der Waals surface area contributed by atoms with Crippen molar-refractivity contribution >= 4 is 23.3 Å². The van der Waals surface area contributed by atoms with E-state index < -0.39 is 0 Å². The standard InChI is InChI=1S/C19H22N2O3S/c22-12-15-11-18(25-14-15)4-5-19(23)21-9-6-17(7-10-21)24-13-16-3-1-2-8-20-16/h1-5,8,11,14,17,22H,6-7,9-10,12-13H2/b5-4+. The van der Waals surface area contributed by atoms with E-state index in [-0.39, 0.29) is 18.6 Å². The van der Waals surface area contributed by atoms with Gasteiger partial charge in [0.05, 0.1) is 25.0 Å². The van der Waals surface area contributed by atoms with Crippen molar-refractivity contribution in [2.45, 2.75) is 32.2 Å². The van der Waals surface area contributed by atoms with Crippen LogP contribution in [0, 0.1) is 0 Å². The van der Waals surface area contributed by atoms with Gasteiger partial charge in [-0.1, -0.05) is 6.07 Å². The molecule has 6 heteroatoms. The number of hydrogen-bond acceptors (Lipinski definition) is 5. The largest absolute Gasteiger partial charge is 0.392 e. The molecule has 2 aromatic heterocycles. The Bertz CT molecular complexity index is 706. The number of likely N-dealkylation sites (tertiary alicyclic amines) is 1. The summed E-state index contributed by atoms with van der Waals surface area (Å²) in [5.41, 5.74) is 1.81. The summed E-state index contributed by atoms with van der Waals surface area (Å²) in [4.78, 5) is 19.4. The number of aromatic nitrogens is 1. The molecule has 1 aliphatic heterocycles. The van der Waals surface area contributed by atoms with Gasteiger partial charge in [-0.3, -0.25) is 9.78 Å². The van der Waals surface area contributed by atoms with Gasteiger partial charge >= 0.3 is 0 Å².